The molecular weight excluding hydrogens is 229 g/mol. The van der Waals surface area contributed by atoms with Gasteiger partial charge in [0.05, 0.1) is 5.60 Å². The van der Waals surface area contributed by atoms with E-state index in [0.717, 1.165) is 37.8 Å². The Morgan fingerprint density at radius 3 is 2.72 bits per heavy atom. The van der Waals surface area contributed by atoms with Crippen molar-refractivity contribution in [3.8, 4) is 0 Å². The van der Waals surface area contributed by atoms with Crippen LogP contribution in [-0.2, 0) is 0 Å². The summed E-state index contributed by atoms with van der Waals surface area (Å²) in [6, 6.07) is 6.87. The molecule has 18 heavy (non-hydrogen) atoms. The smallest absolute Gasteiger partial charge is 0.123 e. The van der Waals surface area contributed by atoms with Crippen LogP contribution in [0.1, 0.15) is 43.7 Å². The predicted octanol–water partition coefficient (Wildman–Crippen LogP) is 2.78. The van der Waals surface area contributed by atoms with Crippen LogP contribution in [0, 0.1) is 11.7 Å². The number of fused-ring (bicyclic) bond motifs is 1. The molecule has 1 heterocycles. The number of piperidine rings is 1. The fourth-order valence-electron chi connectivity index (χ4n) is 3.64. The number of nitrogens with one attached hydrogen (secondary N) is 1. The van der Waals surface area contributed by atoms with Crippen LogP contribution in [0.5, 0.6) is 0 Å². The van der Waals surface area contributed by atoms with E-state index in [1.165, 1.54) is 18.6 Å². The average Bonchev–Trinajstić information content (AvgIpc) is 2.38. The second-order valence-electron chi connectivity index (χ2n) is 5.69. The highest BCUT2D eigenvalue weighted by atomic mass is 19.1. The van der Waals surface area contributed by atoms with Gasteiger partial charge in [-0.3, -0.25) is 0 Å². The third-order valence-corrected chi connectivity index (χ3v) is 4.62. The van der Waals surface area contributed by atoms with Gasteiger partial charge in [0, 0.05) is 12.0 Å². The van der Waals surface area contributed by atoms with Crippen LogP contribution >= 0.6 is 0 Å². The van der Waals surface area contributed by atoms with Crippen LogP contribution in [0.25, 0.3) is 0 Å². The molecule has 3 heteroatoms. The molecular formula is C15H20FNO. The van der Waals surface area contributed by atoms with Gasteiger partial charge >= 0.3 is 0 Å². The van der Waals surface area contributed by atoms with Gasteiger partial charge in [0.2, 0.25) is 0 Å². The van der Waals surface area contributed by atoms with Gasteiger partial charge in [0.1, 0.15) is 5.82 Å². The summed E-state index contributed by atoms with van der Waals surface area (Å²) in [7, 11) is 0. The van der Waals surface area contributed by atoms with Gasteiger partial charge in [-0.2, -0.15) is 0 Å². The summed E-state index contributed by atoms with van der Waals surface area (Å²) in [5, 5.41) is 14.3. The first-order valence-electron chi connectivity index (χ1n) is 6.90. The van der Waals surface area contributed by atoms with Gasteiger partial charge < -0.3 is 10.4 Å². The molecule has 1 aromatic carbocycles. The zero-order valence-corrected chi connectivity index (χ0v) is 10.5. The van der Waals surface area contributed by atoms with Crippen LogP contribution in [-0.4, -0.2) is 17.3 Å². The third-order valence-electron chi connectivity index (χ3n) is 4.62. The number of aliphatic hydroxyl groups is 1. The summed E-state index contributed by atoms with van der Waals surface area (Å²) in [4.78, 5) is 0. The van der Waals surface area contributed by atoms with Gasteiger partial charge in [-0.15, -0.1) is 0 Å². The van der Waals surface area contributed by atoms with E-state index < -0.39 is 5.60 Å². The van der Waals surface area contributed by atoms with Crippen molar-refractivity contribution in [3.63, 3.8) is 0 Å². The highest BCUT2D eigenvalue weighted by molar-refractivity contribution is 5.23. The number of hydrogen-bond donors (Lipinski definition) is 2. The van der Waals surface area contributed by atoms with Crippen molar-refractivity contribution >= 4 is 0 Å². The zero-order valence-electron chi connectivity index (χ0n) is 10.5. The summed E-state index contributed by atoms with van der Waals surface area (Å²) < 4.78 is 13.0. The first kappa shape index (κ1) is 12.1. The topological polar surface area (TPSA) is 32.3 Å². The van der Waals surface area contributed by atoms with Gasteiger partial charge in [-0.1, -0.05) is 25.0 Å². The fraction of sp³-hybridized carbons (Fsp3) is 0.600. The van der Waals surface area contributed by atoms with Crippen LogP contribution in [0.15, 0.2) is 24.3 Å². The molecule has 3 rings (SSSR count). The maximum Gasteiger partial charge on any atom is 0.123 e. The molecule has 2 nitrogen and oxygen atoms in total. The number of benzene rings is 1. The minimum atomic E-state index is -0.511. The quantitative estimate of drug-likeness (QED) is 0.802. The Kier molecular flexibility index (Phi) is 3.12. The number of rotatable bonds is 1. The van der Waals surface area contributed by atoms with E-state index in [1.54, 1.807) is 0 Å². The SMILES string of the molecule is OC12CCCCC1C(c1ccc(F)cc1)NCC2. The Bertz CT molecular complexity index is 415. The molecule has 0 bridgehead atoms. The lowest BCUT2D eigenvalue weighted by Crippen LogP contribution is -2.53. The minimum Gasteiger partial charge on any atom is -0.389 e. The molecule has 1 aromatic rings. The maximum atomic E-state index is 13.0. The molecule has 0 aromatic heterocycles. The van der Waals surface area contributed by atoms with E-state index in [1.807, 2.05) is 12.1 Å². The minimum absolute atomic E-state index is 0.171. The van der Waals surface area contributed by atoms with Crippen molar-refractivity contribution < 1.29 is 9.50 Å². The lowest BCUT2D eigenvalue weighted by molar-refractivity contribution is -0.0861. The largest absolute Gasteiger partial charge is 0.389 e. The Morgan fingerprint density at radius 1 is 1.17 bits per heavy atom. The van der Waals surface area contributed by atoms with Crippen molar-refractivity contribution in [2.45, 2.75) is 43.7 Å². The molecule has 98 valence electrons. The summed E-state index contributed by atoms with van der Waals surface area (Å²) in [5.74, 6) is 0.0685. The molecule has 1 saturated heterocycles. The first-order valence-corrected chi connectivity index (χ1v) is 6.90. The molecule has 3 unspecified atom stereocenters. The summed E-state index contributed by atoms with van der Waals surface area (Å²) in [5.41, 5.74) is 0.587. The van der Waals surface area contributed by atoms with E-state index in [-0.39, 0.29) is 17.8 Å². The van der Waals surface area contributed by atoms with E-state index >= 15 is 0 Å². The van der Waals surface area contributed by atoms with Gasteiger partial charge in [-0.25, -0.2) is 4.39 Å². The molecule has 1 saturated carbocycles. The standard InChI is InChI=1S/C15H20FNO/c16-12-6-4-11(5-7-12)14-13-3-1-2-8-15(13,18)9-10-17-14/h4-7,13-14,17-18H,1-3,8-10H2. The summed E-state index contributed by atoms with van der Waals surface area (Å²) in [6.07, 6.45) is 5.13. The Hall–Kier alpha value is -0.930. The Morgan fingerprint density at radius 2 is 1.94 bits per heavy atom. The number of halogens is 1. The summed E-state index contributed by atoms with van der Waals surface area (Å²) >= 11 is 0. The van der Waals surface area contributed by atoms with Crippen molar-refractivity contribution in [2.75, 3.05) is 6.54 Å². The molecule has 3 atom stereocenters. The van der Waals surface area contributed by atoms with Gasteiger partial charge in [0.15, 0.2) is 0 Å². The van der Waals surface area contributed by atoms with Crippen LogP contribution in [0.2, 0.25) is 0 Å². The van der Waals surface area contributed by atoms with Gasteiger partial charge in [-0.05, 0) is 43.5 Å². The molecule has 0 amide bonds. The third kappa shape index (κ3) is 2.06. The lowest BCUT2D eigenvalue weighted by Gasteiger charge is -2.48. The number of hydrogen-bond acceptors (Lipinski definition) is 2. The average molecular weight is 249 g/mol. The molecule has 2 aliphatic rings. The highest BCUT2D eigenvalue weighted by Gasteiger charge is 2.45. The van der Waals surface area contributed by atoms with Crippen molar-refractivity contribution in [1.82, 2.24) is 5.32 Å². The predicted molar refractivity (Wildman–Crippen MR) is 68.7 cm³/mol. The normalized spacial score (nSPS) is 36.1. The van der Waals surface area contributed by atoms with Crippen LogP contribution in [0.4, 0.5) is 4.39 Å². The molecule has 0 spiro atoms. The first-order chi connectivity index (χ1) is 8.69. The van der Waals surface area contributed by atoms with E-state index in [9.17, 15) is 9.50 Å². The summed E-state index contributed by atoms with van der Waals surface area (Å²) in [6.45, 7) is 0.842. The highest BCUT2D eigenvalue weighted by Crippen LogP contribution is 2.45. The molecule has 2 N–H and O–H groups in total. The van der Waals surface area contributed by atoms with E-state index in [0.29, 0.717) is 0 Å². The molecule has 1 aliphatic carbocycles. The van der Waals surface area contributed by atoms with Crippen molar-refractivity contribution in [3.05, 3.63) is 35.6 Å². The van der Waals surface area contributed by atoms with E-state index in [4.69, 9.17) is 0 Å². The van der Waals surface area contributed by atoms with Gasteiger partial charge in [0.25, 0.3) is 0 Å². The van der Waals surface area contributed by atoms with E-state index in [2.05, 4.69) is 5.32 Å². The van der Waals surface area contributed by atoms with Crippen LogP contribution < -0.4 is 5.32 Å². The lowest BCUT2D eigenvalue weighted by atomic mass is 9.67. The van der Waals surface area contributed by atoms with Crippen LogP contribution in [0.3, 0.4) is 0 Å². The maximum absolute atomic E-state index is 13.0. The fourth-order valence-corrected chi connectivity index (χ4v) is 3.64. The van der Waals surface area contributed by atoms with Crippen molar-refractivity contribution in [2.24, 2.45) is 5.92 Å². The molecule has 1 aliphatic heterocycles. The molecule has 0 radical (unpaired) electrons. The second kappa shape index (κ2) is 4.63. The second-order valence-corrected chi connectivity index (χ2v) is 5.69. The monoisotopic (exact) mass is 249 g/mol. The molecule has 2 fully saturated rings. The Labute approximate surface area is 107 Å². The Balaban J connectivity index is 1.88. The zero-order chi connectivity index (χ0) is 12.6. The van der Waals surface area contributed by atoms with Crippen molar-refractivity contribution in [1.29, 1.82) is 0 Å².